The summed E-state index contributed by atoms with van der Waals surface area (Å²) in [5, 5.41) is 5.92. The van der Waals surface area contributed by atoms with E-state index in [2.05, 4.69) is 42.3 Å². The summed E-state index contributed by atoms with van der Waals surface area (Å²) in [5.74, 6) is 0.793. The van der Waals surface area contributed by atoms with Crippen LogP contribution in [0.25, 0.3) is 0 Å². The Bertz CT molecular complexity index is 1200. The van der Waals surface area contributed by atoms with Crippen LogP contribution in [0.5, 0.6) is 0 Å². The molecule has 2 fully saturated rings. The monoisotopic (exact) mass is 538 g/mol. The second-order valence-corrected chi connectivity index (χ2v) is 10.5. The number of carbonyl (C=O) groups excluding carboxylic acids is 2. The van der Waals surface area contributed by atoms with Crippen LogP contribution in [0, 0.1) is 6.92 Å². The van der Waals surface area contributed by atoms with Crippen LogP contribution in [0.3, 0.4) is 0 Å². The molecule has 3 aliphatic heterocycles. The van der Waals surface area contributed by atoms with Crippen molar-refractivity contribution in [3.8, 4) is 0 Å². The van der Waals surface area contributed by atoms with Crippen LogP contribution < -0.4 is 15.5 Å². The van der Waals surface area contributed by atoms with Gasteiger partial charge in [0.25, 0.3) is 11.8 Å². The van der Waals surface area contributed by atoms with Gasteiger partial charge in [0.15, 0.2) is 16.9 Å². The summed E-state index contributed by atoms with van der Waals surface area (Å²) in [7, 11) is 0. The number of aliphatic imine (C=N–C) groups is 1. The number of guanidine groups is 1. The van der Waals surface area contributed by atoms with Gasteiger partial charge in [-0.25, -0.2) is 9.97 Å². The first kappa shape index (κ1) is 26.4. The molecule has 0 saturated carbocycles. The molecule has 1 aromatic carbocycles. The van der Waals surface area contributed by atoms with E-state index in [0.29, 0.717) is 37.0 Å². The number of piperazine rings is 1. The Balaban J connectivity index is 1.17. The summed E-state index contributed by atoms with van der Waals surface area (Å²) >= 11 is 6.51. The number of hydrogen-bond donors (Lipinski definition) is 2. The fourth-order valence-corrected chi connectivity index (χ4v) is 5.78. The minimum Gasteiger partial charge on any atom is -0.354 e. The second-order valence-electron chi connectivity index (χ2n) is 10.1. The highest BCUT2D eigenvalue weighted by Crippen LogP contribution is 2.28. The van der Waals surface area contributed by atoms with E-state index in [9.17, 15) is 9.59 Å². The maximum absolute atomic E-state index is 12.9. The van der Waals surface area contributed by atoms with E-state index < -0.39 is 0 Å². The molecule has 1 atom stereocenters. The summed E-state index contributed by atoms with van der Waals surface area (Å²) in [6.45, 7) is 9.58. The fraction of sp³-hybridized carbons (Fsp3) is 0.519. The van der Waals surface area contributed by atoms with Gasteiger partial charge in [-0.15, -0.1) is 0 Å². The summed E-state index contributed by atoms with van der Waals surface area (Å²) in [4.78, 5) is 45.2. The standard InChI is InChI=1S/C27H35ClN8O2/c1-3-20-17-35(24-23(28)32-22(16-31-24)25(37)33-27-29-10-11-30-27)14-15-36(20)21-8-12-34(13-9-21)26(38)19-6-4-18(2)5-7-19/h4-7,16,20-21H,3,8-15,17H2,1-2H3,(H2,29,30,33,37)/t20-/m0/s1. The zero-order valence-corrected chi connectivity index (χ0v) is 22.7. The third kappa shape index (κ3) is 5.76. The molecule has 2 aromatic rings. The number of nitrogens with one attached hydrogen (secondary N) is 2. The molecule has 2 saturated heterocycles. The van der Waals surface area contributed by atoms with Gasteiger partial charge in [0.2, 0.25) is 0 Å². The maximum atomic E-state index is 12.9. The topological polar surface area (TPSA) is 106 Å². The van der Waals surface area contributed by atoms with Crippen molar-refractivity contribution >= 4 is 35.2 Å². The lowest BCUT2D eigenvalue weighted by Crippen LogP contribution is -2.58. The van der Waals surface area contributed by atoms with Gasteiger partial charge in [0.1, 0.15) is 5.69 Å². The molecule has 0 unspecified atom stereocenters. The van der Waals surface area contributed by atoms with Crippen molar-refractivity contribution in [2.24, 2.45) is 4.99 Å². The number of anilines is 1. The van der Waals surface area contributed by atoms with E-state index in [1.54, 1.807) is 0 Å². The van der Waals surface area contributed by atoms with Crippen molar-refractivity contribution in [2.75, 3.05) is 50.7 Å². The summed E-state index contributed by atoms with van der Waals surface area (Å²) in [5.41, 5.74) is 2.08. The molecule has 10 nitrogen and oxygen atoms in total. The van der Waals surface area contributed by atoms with Crippen molar-refractivity contribution in [2.45, 2.75) is 45.2 Å². The predicted octanol–water partition coefficient (Wildman–Crippen LogP) is 2.33. The van der Waals surface area contributed by atoms with Crippen LogP contribution in [0.4, 0.5) is 5.82 Å². The number of amides is 2. The van der Waals surface area contributed by atoms with Crippen molar-refractivity contribution in [3.05, 3.63) is 52.4 Å². The van der Waals surface area contributed by atoms with Crippen molar-refractivity contribution in [1.82, 2.24) is 30.4 Å². The van der Waals surface area contributed by atoms with Gasteiger partial charge >= 0.3 is 0 Å². The Morgan fingerprint density at radius 2 is 1.89 bits per heavy atom. The minimum absolute atomic E-state index is 0.123. The Hall–Kier alpha value is -3.24. The first-order valence-electron chi connectivity index (χ1n) is 13.4. The lowest BCUT2D eigenvalue weighted by Gasteiger charge is -2.47. The molecule has 4 heterocycles. The molecule has 202 valence electrons. The van der Waals surface area contributed by atoms with E-state index in [4.69, 9.17) is 11.6 Å². The first-order valence-corrected chi connectivity index (χ1v) is 13.8. The Morgan fingerprint density at radius 1 is 1.13 bits per heavy atom. The number of nitrogens with zero attached hydrogens (tertiary/aromatic N) is 6. The highest BCUT2D eigenvalue weighted by atomic mass is 35.5. The average molecular weight is 539 g/mol. The first-order chi connectivity index (χ1) is 18.4. The van der Waals surface area contributed by atoms with Crippen LogP contribution in [0.2, 0.25) is 5.15 Å². The molecule has 11 heteroatoms. The van der Waals surface area contributed by atoms with Crippen LogP contribution >= 0.6 is 11.6 Å². The number of benzene rings is 1. The number of likely N-dealkylation sites (tertiary alicyclic amines) is 1. The molecule has 38 heavy (non-hydrogen) atoms. The van der Waals surface area contributed by atoms with E-state index in [1.165, 1.54) is 6.20 Å². The normalized spacial score (nSPS) is 20.7. The molecule has 0 radical (unpaired) electrons. The zero-order valence-electron chi connectivity index (χ0n) is 22.0. The van der Waals surface area contributed by atoms with E-state index >= 15 is 0 Å². The van der Waals surface area contributed by atoms with Crippen LogP contribution in [0.1, 0.15) is 52.6 Å². The van der Waals surface area contributed by atoms with Crippen molar-refractivity contribution < 1.29 is 9.59 Å². The number of piperidine rings is 1. The van der Waals surface area contributed by atoms with Crippen LogP contribution in [-0.4, -0.2) is 95.4 Å². The van der Waals surface area contributed by atoms with Crippen LogP contribution in [-0.2, 0) is 0 Å². The number of aromatic nitrogens is 2. The van der Waals surface area contributed by atoms with E-state index in [1.807, 2.05) is 36.1 Å². The Labute approximate surface area is 228 Å². The minimum atomic E-state index is -0.387. The summed E-state index contributed by atoms with van der Waals surface area (Å²) in [6, 6.07) is 8.63. The fourth-order valence-electron chi connectivity index (χ4n) is 5.52. The molecule has 5 rings (SSSR count). The van der Waals surface area contributed by atoms with Gasteiger partial charge in [-0.2, -0.15) is 0 Å². The number of hydrogen-bond acceptors (Lipinski definition) is 8. The molecular weight excluding hydrogens is 504 g/mol. The quantitative estimate of drug-likeness (QED) is 0.602. The van der Waals surface area contributed by atoms with Gasteiger partial charge in [-0.1, -0.05) is 36.2 Å². The molecule has 3 aliphatic rings. The third-order valence-electron chi connectivity index (χ3n) is 7.67. The van der Waals surface area contributed by atoms with Gasteiger partial charge < -0.3 is 15.1 Å². The Kier molecular flexibility index (Phi) is 8.09. The molecule has 0 spiro atoms. The lowest BCUT2D eigenvalue weighted by atomic mass is 9.97. The number of aryl methyl sites for hydroxylation is 1. The Morgan fingerprint density at radius 3 is 2.55 bits per heavy atom. The maximum Gasteiger partial charge on any atom is 0.278 e. The molecule has 0 aliphatic carbocycles. The highest BCUT2D eigenvalue weighted by molar-refractivity contribution is 6.31. The smallest absolute Gasteiger partial charge is 0.278 e. The lowest BCUT2D eigenvalue weighted by molar-refractivity contribution is 0.0490. The highest BCUT2D eigenvalue weighted by Gasteiger charge is 2.35. The van der Waals surface area contributed by atoms with E-state index in [-0.39, 0.29) is 22.7 Å². The van der Waals surface area contributed by atoms with Gasteiger partial charge in [-0.3, -0.25) is 24.8 Å². The molecular formula is C27H35ClN8O2. The summed E-state index contributed by atoms with van der Waals surface area (Å²) < 4.78 is 0. The SMILES string of the molecule is CC[C@H]1CN(c2ncc(C(=O)NC3=NCCN3)nc2Cl)CCN1C1CCN(C(=O)c2ccc(C)cc2)CC1. The predicted molar refractivity (Wildman–Crippen MR) is 148 cm³/mol. The van der Waals surface area contributed by atoms with Gasteiger partial charge in [0, 0.05) is 56.9 Å². The molecule has 0 bridgehead atoms. The van der Waals surface area contributed by atoms with E-state index in [0.717, 1.165) is 63.1 Å². The van der Waals surface area contributed by atoms with Crippen molar-refractivity contribution in [3.63, 3.8) is 0 Å². The van der Waals surface area contributed by atoms with Gasteiger partial charge in [0.05, 0.1) is 12.7 Å². The van der Waals surface area contributed by atoms with Gasteiger partial charge in [-0.05, 0) is 38.3 Å². The molecule has 2 amide bonds. The van der Waals surface area contributed by atoms with Crippen molar-refractivity contribution in [1.29, 1.82) is 0 Å². The molecule has 1 aromatic heterocycles. The average Bonchev–Trinajstić information content (AvgIpc) is 3.46. The van der Waals surface area contributed by atoms with Crippen LogP contribution in [0.15, 0.2) is 35.5 Å². The third-order valence-corrected chi connectivity index (χ3v) is 7.92. The second kappa shape index (κ2) is 11.7. The zero-order chi connectivity index (χ0) is 26.6. The molecule has 2 N–H and O–H groups in total. The number of rotatable bonds is 5. The number of carbonyl (C=O) groups is 2. The largest absolute Gasteiger partial charge is 0.354 e. The number of halogens is 1. The summed E-state index contributed by atoms with van der Waals surface area (Å²) in [6.07, 6.45) is 4.41.